The van der Waals surface area contributed by atoms with Crippen molar-refractivity contribution in [3.63, 3.8) is 0 Å². The van der Waals surface area contributed by atoms with Gasteiger partial charge in [-0.05, 0) is 34.6 Å². The molecule has 0 radical (unpaired) electrons. The Balaban J connectivity index is 2.30. The van der Waals surface area contributed by atoms with Gasteiger partial charge < -0.3 is 9.84 Å². The summed E-state index contributed by atoms with van der Waals surface area (Å²) in [5.74, 6) is 0.772. The van der Waals surface area contributed by atoms with Crippen molar-refractivity contribution < 1.29 is 9.32 Å². The van der Waals surface area contributed by atoms with Crippen LogP contribution < -0.4 is 5.32 Å². The van der Waals surface area contributed by atoms with Crippen LogP contribution in [0.1, 0.15) is 62.3 Å². The van der Waals surface area contributed by atoms with Gasteiger partial charge in [-0.1, -0.05) is 5.16 Å². The summed E-state index contributed by atoms with van der Waals surface area (Å²) < 4.78 is 5.37. The second kappa shape index (κ2) is 5.31. The number of rotatable bonds is 4. The Hall–Kier alpha value is -2.18. The van der Waals surface area contributed by atoms with E-state index in [0.717, 1.165) is 17.0 Å². The zero-order valence-corrected chi connectivity index (χ0v) is 13.2. The molecule has 1 amide bonds. The van der Waals surface area contributed by atoms with Crippen molar-refractivity contribution in [2.75, 3.05) is 0 Å². The number of nitrogens with one attached hydrogen (secondary N) is 2. The van der Waals surface area contributed by atoms with E-state index >= 15 is 0 Å². The first-order valence-corrected chi connectivity index (χ1v) is 6.86. The molecule has 2 N–H and O–H groups in total. The summed E-state index contributed by atoms with van der Waals surface area (Å²) in [6.07, 6.45) is 0. The third-order valence-electron chi connectivity index (χ3n) is 3.48. The van der Waals surface area contributed by atoms with E-state index in [2.05, 4.69) is 25.7 Å². The van der Waals surface area contributed by atoms with Crippen LogP contribution in [0.2, 0.25) is 0 Å². The zero-order chi connectivity index (χ0) is 15.8. The number of H-pyrrole nitrogens is 1. The number of amides is 1. The molecule has 2 rings (SSSR count). The molecular weight excluding hydrogens is 270 g/mol. The van der Waals surface area contributed by atoms with E-state index in [0.29, 0.717) is 11.7 Å². The summed E-state index contributed by atoms with van der Waals surface area (Å²) in [5, 5.41) is 13.9. The van der Waals surface area contributed by atoms with E-state index in [1.807, 2.05) is 34.6 Å². The fourth-order valence-electron chi connectivity index (χ4n) is 2.48. The minimum atomic E-state index is -0.673. The average molecular weight is 291 g/mol. The first kappa shape index (κ1) is 15.2. The summed E-state index contributed by atoms with van der Waals surface area (Å²) in [5.41, 5.74) is 2.29. The van der Waals surface area contributed by atoms with Crippen molar-refractivity contribution >= 4 is 5.91 Å². The highest BCUT2D eigenvalue weighted by Gasteiger charge is 2.30. The van der Waals surface area contributed by atoms with Crippen LogP contribution in [-0.4, -0.2) is 26.2 Å². The largest absolute Gasteiger partial charge is 0.344 e. The molecule has 0 saturated carbocycles. The van der Waals surface area contributed by atoms with Crippen LogP contribution in [0.15, 0.2) is 4.52 Å². The van der Waals surface area contributed by atoms with Gasteiger partial charge in [-0.3, -0.25) is 9.89 Å². The Kier molecular flexibility index (Phi) is 3.85. The average Bonchev–Trinajstić information content (AvgIpc) is 2.95. The number of carbonyl (C=O) groups excluding carboxylic acids is 1. The lowest BCUT2D eigenvalue weighted by Gasteiger charge is -2.21. The minimum Gasteiger partial charge on any atom is -0.344 e. The second-order valence-corrected chi connectivity index (χ2v) is 5.83. The van der Waals surface area contributed by atoms with Crippen molar-refractivity contribution in [3.8, 4) is 0 Å². The van der Waals surface area contributed by atoms with E-state index in [9.17, 15) is 4.79 Å². The van der Waals surface area contributed by atoms with Crippen LogP contribution in [0.3, 0.4) is 0 Å². The molecule has 0 aromatic carbocycles. The number of aromatic amines is 1. The lowest BCUT2D eigenvalue weighted by Crippen LogP contribution is -2.40. The first-order valence-electron chi connectivity index (χ1n) is 6.86. The third-order valence-corrected chi connectivity index (χ3v) is 3.48. The van der Waals surface area contributed by atoms with Crippen LogP contribution >= 0.6 is 0 Å². The lowest BCUT2D eigenvalue weighted by molar-refractivity contribution is -0.120. The van der Waals surface area contributed by atoms with Gasteiger partial charge in [0.25, 0.3) is 0 Å². The lowest BCUT2D eigenvalue weighted by atomic mass is 9.99. The van der Waals surface area contributed by atoms with Crippen LogP contribution in [0, 0.1) is 13.8 Å². The van der Waals surface area contributed by atoms with Gasteiger partial charge in [0.05, 0.1) is 17.2 Å². The highest BCUT2D eigenvalue weighted by molar-refractivity contribution is 5.73. The SMILES string of the molecule is CC(=O)NC(C)(C)c1noc(C(C)c2c(C)n[nH]c2C)n1. The van der Waals surface area contributed by atoms with E-state index in [1.165, 1.54) is 6.92 Å². The standard InChI is InChI=1S/C14H21N5O2/c1-7(11-8(2)17-18-9(11)3)12-15-13(19-21-12)14(5,6)16-10(4)20/h7H,1-6H3,(H,16,20)(H,17,18). The Bertz CT molecular complexity index is 637. The molecule has 0 fully saturated rings. The molecule has 0 aliphatic carbocycles. The molecule has 2 heterocycles. The number of carbonyl (C=O) groups is 1. The number of nitrogens with zero attached hydrogens (tertiary/aromatic N) is 3. The van der Waals surface area contributed by atoms with Crippen molar-refractivity contribution in [3.05, 3.63) is 28.7 Å². The first-order chi connectivity index (χ1) is 9.72. The Morgan fingerprint density at radius 3 is 2.57 bits per heavy atom. The summed E-state index contributed by atoms with van der Waals surface area (Å²) in [4.78, 5) is 15.7. The number of aromatic nitrogens is 4. The predicted octanol–water partition coefficient (Wildman–Crippen LogP) is 1.93. The quantitative estimate of drug-likeness (QED) is 0.897. The van der Waals surface area contributed by atoms with Crippen molar-refractivity contribution in [1.82, 2.24) is 25.7 Å². The maximum absolute atomic E-state index is 11.2. The molecule has 114 valence electrons. The molecule has 0 aliphatic heterocycles. The summed E-state index contributed by atoms with van der Waals surface area (Å²) in [6, 6.07) is 0. The topological polar surface area (TPSA) is 96.7 Å². The van der Waals surface area contributed by atoms with Crippen LogP contribution in [-0.2, 0) is 10.3 Å². The van der Waals surface area contributed by atoms with Gasteiger partial charge in [0.1, 0.15) is 0 Å². The Labute approximate surface area is 123 Å². The van der Waals surface area contributed by atoms with Gasteiger partial charge in [-0.25, -0.2) is 0 Å². The van der Waals surface area contributed by atoms with Crippen molar-refractivity contribution in [1.29, 1.82) is 0 Å². The Morgan fingerprint density at radius 1 is 1.38 bits per heavy atom. The fourth-order valence-corrected chi connectivity index (χ4v) is 2.48. The zero-order valence-electron chi connectivity index (χ0n) is 13.2. The van der Waals surface area contributed by atoms with E-state index in [-0.39, 0.29) is 11.8 Å². The van der Waals surface area contributed by atoms with Gasteiger partial charge in [0, 0.05) is 18.2 Å². The van der Waals surface area contributed by atoms with Crippen LogP contribution in [0.4, 0.5) is 0 Å². The molecule has 0 bridgehead atoms. The molecule has 7 heteroatoms. The van der Waals surface area contributed by atoms with Gasteiger partial charge in [-0.15, -0.1) is 0 Å². The predicted molar refractivity (Wildman–Crippen MR) is 76.7 cm³/mol. The van der Waals surface area contributed by atoms with E-state index < -0.39 is 5.54 Å². The summed E-state index contributed by atoms with van der Waals surface area (Å²) >= 11 is 0. The van der Waals surface area contributed by atoms with Gasteiger partial charge in [0.2, 0.25) is 11.8 Å². The smallest absolute Gasteiger partial charge is 0.234 e. The molecule has 0 saturated heterocycles. The van der Waals surface area contributed by atoms with E-state index in [4.69, 9.17) is 4.52 Å². The number of hydrogen-bond donors (Lipinski definition) is 2. The maximum Gasteiger partial charge on any atom is 0.234 e. The molecule has 7 nitrogen and oxygen atoms in total. The number of hydrogen-bond acceptors (Lipinski definition) is 5. The molecule has 1 unspecified atom stereocenters. The Morgan fingerprint density at radius 2 is 2.05 bits per heavy atom. The van der Waals surface area contributed by atoms with Gasteiger partial charge >= 0.3 is 0 Å². The van der Waals surface area contributed by atoms with Crippen LogP contribution in [0.5, 0.6) is 0 Å². The monoisotopic (exact) mass is 291 g/mol. The van der Waals surface area contributed by atoms with E-state index in [1.54, 1.807) is 0 Å². The van der Waals surface area contributed by atoms with Gasteiger partial charge in [0.15, 0.2) is 5.82 Å². The van der Waals surface area contributed by atoms with Crippen LogP contribution in [0.25, 0.3) is 0 Å². The normalized spacial score (nSPS) is 13.2. The molecule has 2 aromatic rings. The second-order valence-electron chi connectivity index (χ2n) is 5.83. The fraction of sp³-hybridized carbons (Fsp3) is 0.571. The molecule has 21 heavy (non-hydrogen) atoms. The van der Waals surface area contributed by atoms with Gasteiger partial charge in [-0.2, -0.15) is 10.1 Å². The number of aryl methyl sites for hydroxylation is 2. The van der Waals surface area contributed by atoms with Crippen molar-refractivity contribution in [2.45, 2.75) is 53.0 Å². The maximum atomic E-state index is 11.2. The highest BCUT2D eigenvalue weighted by atomic mass is 16.5. The third kappa shape index (κ3) is 2.96. The minimum absolute atomic E-state index is 0.0573. The molecule has 1 atom stereocenters. The molecule has 0 aliphatic rings. The molecular formula is C14H21N5O2. The molecule has 2 aromatic heterocycles. The summed E-state index contributed by atoms with van der Waals surface area (Å²) in [6.45, 7) is 11.0. The summed E-state index contributed by atoms with van der Waals surface area (Å²) in [7, 11) is 0. The molecule has 0 spiro atoms. The highest BCUT2D eigenvalue weighted by Crippen LogP contribution is 2.28. The van der Waals surface area contributed by atoms with Crippen molar-refractivity contribution in [2.24, 2.45) is 0 Å².